The first-order chi connectivity index (χ1) is 9.55. The van der Waals surface area contributed by atoms with Crippen LogP contribution in [-0.2, 0) is 0 Å². The second-order valence-corrected chi connectivity index (χ2v) is 5.39. The number of hydrogen-bond acceptors (Lipinski definition) is 2. The molecule has 0 aliphatic rings. The Hall–Kier alpha value is -0.820. The third kappa shape index (κ3) is 8.26. The van der Waals surface area contributed by atoms with Crippen molar-refractivity contribution in [2.24, 2.45) is 16.6 Å². The lowest BCUT2D eigenvalue weighted by molar-refractivity contribution is 0.253. The number of aryl methyl sites for hydroxylation is 2. The molecule has 0 aliphatic carbocycles. The van der Waals surface area contributed by atoms with Gasteiger partial charge in [0.05, 0.1) is 0 Å². The molecule has 1 aromatic rings. The van der Waals surface area contributed by atoms with Crippen LogP contribution in [0.3, 0.4) is 0 Å². The maximum atomic E-state index is 9.03. The number of benzene rings is 1. The largest absolute Gasteiger partial charge is 0.396 e. The van der Waals surface area contributed by atoms with Crippen LogP contribution in [0.25, 0.3) is 0 Å². The fourth-order valence-corrected chi connectivity index (χ4v) is 2.38. The van der Waals surface area contributed by atoms with Crippen LogP contribution >= 0.6 is 24.0 Å². The number of aliphatic hydroxyl groups is 1. The first kappa shape index (κ1) is 20.2. The fraction of sp³-hybridized carbons (Fsp3) is 0.562. The van der Waals surface area contributed by atoms with Crippen molar-refractivity contribution in [3.05, 3.63) is 29.3 Å². The summed E-state index contributed by atoms with van der Waals surface area (Å²) in [5, 5.41) is 12.2. The molecule has 1 atom stereocenters. The van der Waals surface area contributed by atoms with E-state index >= 15 is 0 Å². The summed E-state index contributed by atoms with van der Waals surface area (Å²) >= 11 is 0. The van der Waals surface area contributed by atoms with Gasteiger partial charge in [0.2, 0.25) is 0 Å². The Morgan fingerprint density at radius 2 is 1.86 bits per heavy atom. The van der Waals surface area contributed by atoms with Crippen molar-refractivity contribution in [2.75, 3.05) is 18.5 Å². The number of rotatable bonds is 7. The van der Waals surface area contributed by atoms with Gasteiger partial charge in [0, 0.05) is 18.8 Å². The van der Waals surface area contributed by atoms with Crippen LogP contribution in [0.1, 0.15) is 37.3 Å². The van der Waals surface area contributed by atoms with Crippen molar-refractivity contribution < 1.29 is 5.11 Å². The van der Waals surface area contributed by atoms with Gasteiger partial charge in [0.1, 0.15) is 0 Å². The highest BCUT2D eigenvalue weighted by molar-refractivity contribution is 14.0. The Balaban J connectivity index is 0.00000400. The van der Waals surface area contributed by atoms with E-state index in [0.717, 1.165) is 24.9 Å². The van der Waals surface area contributed by atoms with Gasteiger partial charge in [-0.1, -0.05) is 19.4 Å². The summed E-state index contributed by atoms with van der Waals surface area (Å²) in [4.78, 5) is 4.39. The summed E-state index contributed by atoms with van der Waals surface area (Å²) in [5.41, 5.74) is 9.29. The van der Waals surface area contributed by atoms with Gasteiger partial charge in [-0.2, -0.15) is 0 Å². The molecular weight excluding hydrogens is 377 g/mol. The summed E-state index contributed by atoms with van der Waals surface area (Å²) in [6, 6.07) is 6.22. The molecule has 0 radical (unpaired) electrons. The number of nitrogens with zero attached hydrogens (tertiary/aromatic N) is 1. The zero-order valence-corrected chi connectivity index (χ0v) is 15.6. The Morgan fingerprint density at radius 3 is 2.38 bits per heavy atom. The molecular formula is C16H28IN3O. The lowest BCUT2D eigenvalue weighted by Gasteiger charge is -2.13. The van der Waals surface area contributed by atoms with Crippen LogP contribution in [0.5, 0.6) is 0 Å². The van der Waals surface area contributed by atoms with Crippen molar-refractivity contribution in [2.45, 2.75) is 40.0 Å². The van der Waals surface area contributed by atoms with Crippen LogP contribution in [0.2, 0.25) is 0 Å². The highest BCUT2D eigenvalue weighted by Crippen LogP contribution is 2.14. The summed E-state index contributed by atoms with van der Waals surface area (Å²) in [7, 11) is 0. The normalized spacial score (nSPS) is 12.7. The minimum Gasteiger partial charge on any atom is -0.396 e. The molecule has 0 heterocycles. The minimum absolute atomic E-state index is 0. The second kappa shape index (κ2) is 10.8. The standard InChI is InChI=1S/C16H27N3O.HI/c1-4-5-14(6-7-20)11-18-16(17)19-15-9-12(2)8-13(3)10-15;/h8-10,14,20H,4-7,11H2,1-3H3,(H3,17,18,19);1H. The molecule has 0 fully saturated rings. The molecule has 0 saturated heterocycles. The lowest BCUT2D eigenvalue weighted by atomic mass is 10.0. The number of nitrogens with two attached hydrogens (primary N) is 1. The molecule has 5 heteroatoms. The monoisotopic (exact) mass is 405 g/mol. The van der Waals surface area contributed by atoms with E-state index in [9.17, 15) is 0 Å². The maximum absolute atomic E-state index is 9.03. The number of halogens is 1. The molecule has 1 rings (SSSR count). The summed E-state index contributed by atoms with van der Waals surface area (Å²) in [6.07, 6.45) is 2.96. The Labute approximate surface area is 145 Å². The van der Waals surface area contributed by atoms with E-state index in [1.54, 1.807) is 0 Å². The summed E-state index contributed by atoms with van der Waals surface area (Å²) < 4.78 is 0. The SMILES string of the molecule is CCCC(CCO)CN=C(N)Nc1cc(C)cc(C)c1.I. The molecule has 4 nitrogen and oxygen atoms in total. The predicted molar refractivity (Wildman–Crippen MR) is 102 cm³/mol. The van der Waals surface area contributed by atoms with Gasteiger partial charge in [-0.3, -0.25) is 4.99 Å². The molecule has 0 amide bonds. The molecule has 0 saturated carbocycles. The van der Waals surface area contributed by atoms with Crippen molar-refractivity contribution in [3.8, 4) is 0 Å². The Bertz CT molecular complexity index is 423. The number of hydrogen-bond donors (Lipinski definition) is 3. The first-order valence-corrected chi connectivity index (χ1v) is 7.31. The molecule has 120 valence electrons. The summed E-state index contributed by atoms with van der Waals surface area (Å²) in [6.45, 7) is 7.14. The zero-order valence-electron chi connectivity index (χ0n) is 13.2. The molecule has 0 bridgehead atoms. The highest BCUT2D eigenvalue weighted by atomic mass is 127. The Kier molecular flexibility index (Phi) is 10.4. The van der Waals surface area contributed by atoms with Crippen LogP contribution in [0.15, 0.2) is 23.2 Å². The zero-order chi connectivity index (χ0) is 15.0. The molecule has 0 spiro atoms. The lowest BCUT2D eigenvalue weighted by Crippen LogP contribution is -2.24. The van der Waals surface area contributed by atoms with Gasteiger partial charge in [0.25, 0.3) is 0 Å². The summed E-state index contributed by atoms with van der Waals surface area (Å²) in [5.74, 6) is 0.846. The molecule has 1 aromatic carbocycles. The number of aliphatic imine (C=N–C) groups is 1. The van der Waals surface area contributed by atoms with Crippen molar-refractivity contribution in [3.63, 3.8) is 0 Å². The third-order valence-corrected chi connectivity index (χ3v) is 3.25. The minimum atomic E-state index is 0. The average molecular weight is 405 g/mol. The van der Waals surface area contributed by atoms with Crippen LogP contribution < -0.4 is 11.1 Å². The van der Waals surface area contributed by atoms with E-state index in [1.165, 1.54) is 11.1 Å². The van der Waals surface area contributed by atoms with Crippen molar-refractivity contribution in [1.29, 1.82) is 0 Å². The third-order valence-electron chi connectivity index (χ3n) is 3.25. The fourth-order valence-electron chi connectivity index (χ4n) is 2.38. The number of guanidine groups is 1. The quantitative estimate of drug-likeness (QED) is 0.370. The predicted octanol–water partition coefficient (Wildman–Crippen LogP) is 3.45. The molecule has 4 N–H and O–H groups in total. The van der Waals surface area contributed by atoms with Crippen LogP contribution in [0.4, 0.5) is 5.69 Å². The van der Waals surface area contributed by atoms with E-state index in [4.69, 9.17) is 10.8 Å². The Morgan fingerprint density at radius 1 is 1.24 bits per heavy atom. The van der Waals surface area contributed by atoms with Gasteiger partial charge >= 0.3 is 0 Å². The van der Waals surface area contributed by atoms with E-state index in [-0.39, 0.29) is 30.6 Å². The number of aliphatic hydroxyl groups excluding tert-OH is 1. The highest BCUT2D eigenvalue weighted by Gasteiger charge is 2.06. The van der Waals surface area contributed by atoms with Gasteiger partial charge in [-0.25, -0.2) is 0 Å². The first-order valence-electron chi connectivity index (χ1n) is 7.31. The molecule has 1 unspecified atom stereocenters. The van der Waals surface area contributed by atoms with Gasteiger partial charge in [0.15, 0.2) is 5.96 Å². The van der Waals surface area contributed by atoms with Gasteiger partial charge < -0.3 is 16.2 Å². The van der Waals surface area contributed by atoms with E-state index in [1.807, 2.05) is 12.1 Å². The van der Waals surface area contributed by atoms with E-state index in [0.29, 0.717) is 18.4 Å². The van der Waals surface area contributed by atoms with Crippen LogP contribution in [-0.4, -0.2) is 24.2 Å². The molecule has 0 aromatic heterocycles. The van der Waals surface area contributed by atoms with E-state index in [2.05, 4.69) is 37.1 Å². The van der Waals surface area contributed by atoms with Crippen LogP contribution in [0, 0.1) is 19.8 Å². The topological polar surface area (TPSA) is 70.6 Å². The molecule has 0 aliphatic heterocycles. The van der Waals surface area contributed by atoms with E-state index < -0.39 is 0 Å². The second-order valence-electron chi connectivity index (χ2n) is 5.39. The number of nitrogens with one attached hydrogen (secondary N) is 1. The van der Waals surface area contributed by atoms with Crippen molar-refractivity contribution >= 4 is 35.6 Å². The van der Waals surface area contributed by atoms with Gasteiger partial charge in [-0.05, 0) is 55.9 Å². The average Bonchev–Trinajstić information content (AvgIpc) is 2.35. The maximum Gasteiger partial charge on any atom is 0.193 e. The molecule has 21 heavy (non-hydrogen) atoms. The smallest absolute Gasteiger partial charge is 0.193 e. The van der Waals surface area contributed by atoms with Gasteiger partial charge in [-0.15, -0.1) is 24.0 Å². The van der Waals surface area contributed by atoms with Crippen molar-refractivity contribution in [1.82, 2.24) is 0 Å². The number of anilines is 1.